The molecule has 0 aromatic rings. The first-order valence-electron chi connectivity index (χ1n) is 4.69. The molecule has 72 valence electrons. The second kappa shape index (κ2) is 4.48. The molecule has 0 aliphatic heterocycles. The monoisotopic (exact) mass is 172 g/mol. The molecule has 0 bridgehead atoms. The number of hydrogen-bond donors (Lipinski definition) is 1. The highest BCUT2D eigenvalue weighted by molar-refractivity contribution is 5.73. The quantitative estimate of drug-likeness (QED) is 0.692. The number of aliphatic carboxylic acids is 1. The molecule has 0 aliphatic rings. The van der Waals surface area contributed by atoms with E-state index < -0.39 is 11.4 Å². The molecule has 12 heavy (non-hydrogen) atoms. The van der Waals surface area contributed by atoms with E-state index in [-0.39, 0.29) is 0 Å². The van der Waals surface area contributed by atoms with Crippen molar-refractivity contribution in [3.05, 3.63) is 0 Å². The highest BCUT2D eigenvalue weighted by Crippen LogP contribution is 2.30. The van der Waals surface area contributed by atoms with Crippen LogP contribution in [0.1, 0.15) is 47.0 Å². The normalized spacial score (nSPS) is 18.3. The number of carbonyl (C=O) groups is 1. The van der Waals surface area contributed by atoms with Gasteiger partial charge in [0.25, 0.3) is 0 Å². The third-order valence-corrected chi connectivity index (χ3v) is 2.79. The van der Waals surface area contributed by atoms with E-state index in [1.165, 1.54) is 0 Å². The zero-order valence-corrected chi connectivity index (χ0v) is 8.55. The van der Waals surface area contributed by atoms with E-state index >= 15 is 0 Å². The molecule has 0 radical (unpaired) electrons. The summed E-state index contributed by atoms with van der Waals surface area (Å²) in [6.07, 6.45) is 2.56. The van der Waals surface area contributed by atoms with Crippen LogP contribution in [-0.4, -0.2) is 11.1 Å². The minimum Gasteiger partial charge on any atom is -0.481 e. The average molecular weight is 172 g/mol. The van der Waals surface area contributed by atoms with Gasteiger partial charge < -0.3 is 5.11 Å². The van der Waals surface area contributed by atoms with Gasteiger partial charge in [-0.05, 0) is 25.7 Å². The van der Waals surface area contributed by atoms with Crippen molar-refractivity contribution < 1.29 is 9.90 Å². The van der Waals surface area contributed by atoms with E-state index in [1.807, 2.05) is 13.8 Å². The largest absolute Gasteiger partial charge is 0.481 e. The van der Waals surface area contributed by atoms with Gasteiger partial charge in [-0.15, -0.1) is 0 Å². The Morgan fingerprint density at radius 3 is 2.25 bits per heavy atom. The molecule has 0 aromatic carbocycles. The summed E-state index contributed by atoms with van der Waals surface area (Å²) in [6.45, 7) is 7.98. The minimum atomic E-state index is -0.662. The third-order valence-electron chi connectivity index (χ3n) is 2.79. The predicted octanol–water partition coefficient (Wildman–Crippen LogP) is 2.92. The molecular formula is C10H20O2. The maximum absolute atomic E-state index is 10.9. The fourth-order valence-electron chi connectivity index (χ4n) is 1.30. The molecule has 0 aliphatic carbocycles. The second-order valence-electron chi connectivity index (χ2n) is 3.94. The minimum absolute atomic E-state index is 0.506. The Morgan fingerprint density at radius 2 is 2.00 bits per heavy atom. The first kappa shape index (κ1) is 11.5. The lowest BCUT2D eigenvalue weighted by Gasteiger charge is -2.25. The molecule has 0 fully saturated rings. The van der Waals surface area contributed by atoms with E-state index in [0.717, 1.165) is 12.8 Å². The van der Waals surface area contributed by atoms with Gasteiger partial charge in [-0.1, -0.05) is 27.2 Å². The van der Waals surface area contributed by atoms with Crippen LogP contribution < -0.4 is 0 Å². The highest BCUT2D eigenvalue weighted by atomic mass is 16.4. The van der Waals surface area contributed by atoms with Gasteiger partial charge in [0.05, 0.1) is 5.41 Å². The first-order chi connectivity index (χ1) is 5.46. The predicted molar refractivity (Wildman–Crippen MR) is 50.1 cm³/mol. The SMILES string of the molecule is CC[C@H](C)C[C@@](C)(CC)C(=O)O. The Labute approximate surface area is 75.0 Å². The van der Waals surface area contributed by atoms with Gasteiger partial charge in [0, 0.05) is 0 Å². The number of hydrogen-bond acceptors (Lipinski definition) is 1. The molecule has 0 amide bonds. The summed E-state index contributed by atoms with van der Waals surface area (Å²) in [4.78, 5) is 10.9. The molecule has 0 saturated heterocycles. The molecule has 2 heteroatoms. The standard InChI is InChI=1S/C10H20O2/c1-5-8(3)7-10(4,6-2)9(11)12/h8H,5-7H2,1-4H3,(H,11,12)/t8-,10+/m0/s1. The van der Waals surface area contributed by atoms with Gasteiger partial charge in [-0.3, -0.25) is 4.79 Å². The van der Waals surface area contributed by atoms with Crippen molar-refractivity contribution in [1.82, 2.24) is 0 Å². The van der Waals surface area contributed by atoms with Crippen molar-refractivity contribution >= 4 is 5.97 Å². The molecule has 0 saturated carbocycles. The van der Waals surface area contributed by atoms with Gasteiger partial charge in [-0.25, -0.2) is 0 Å². The van der Waals surface area contributed by atoms with Crippen LogP contribution in [0.15, 0.2) is 0 Å². The number of rotatable bonds is 5. The third kappa shape index (κ3) is 2.84. The summed E-state index contributed by atoms with van der Waals surface area (Å²) < 4.78 is 0. The van der Waals surface area contributed by atoms with Crippen LogP contribution in [0.25, 0.3) is 0 Å². The van der Waals surface area contributed by atoms with Crippen LogP contribution in [0.3, 0.4) is 0 Å². The Hall–Kier alpha value is -0.530. The van der Waals surface area contributed by atoms with Crippen molar-refractivity contribution in [2.75, 3.05) is 0 Å². The lowest BCUT2D eigenvalue weighted by molar-refractivity contribution is -0.149. The van der Waals surface area contributed by atoms with Crippen molar-refractivity contribution in [2.24, 2.45) is 11.3 Å². The lowest BCUT2D eigenvalue weighted by atomic mass is 9.79. The number of carboxylic acid groups (broad SMARTS) is 1. The molecule has 1 N–H and O–H groups in total. The van der Waals surface area contributed by atoms with Gasteiger partial charge in [0.15, 0.2) is 0 Å². The summed E-state index contributed by atoms with van der Waals surface area (Å²) >= 11 is 0. The second-order valence-corrected chi connectivity index (χ2v) is 3.94. The number of carboxylic acids is 1. The van der Waals surface area contributed by atoms with Gasteiger partial charge >= 0.3 is 5.97 Å². The zero-order chi connectivity index (χ0) is 9.78. The Balaban J connectivity index is 4.23. The summed E-state index contributed by atoms with van der Waals surface area (Å²) in [5.74, 6) is -0.156. The fourth-order valence-corrected chi connectivity index (χ4v) is 1.30. The summed E-state index contributed by atoms with van der Waals surface area (Å²) in [5.41, 5.74) is -0.518. The van der Waals surface area contributed by atoms with Crippen molar-refractivity contribution in [2.45, 2.75) is 47.0 Å². The Kier molecular flexibility index (Phi) is 4.29. The van der Waals surface area contributed by atoms with Gasteiger partial charge in [-0.2, -0.15) is 0 Å². The van der Waals surface area contributed by atoms with E-state index in [1.54, 1.807) is 0 Å². The topological polar surface area (TPSA) is 37.3 Å². The smallest absolute Gasteiger partial charge is 0.309 e. The van der Waals surface area contributed by atoms with Crippen LogP contribution in [0.4, 0.5) is 0 Å². The Bertz CT molecular complexity index is 154. The van der Waals surface area contributed by atoms with E-state index in [4.69, 9.17) is 5.11 Å². The lowest BCUT2D eigenvalue weighted by Crippen LogP contribution is -2.28. The van der Waals surface area contributed by atoms with Crippen molar-refractivity contribution in [3.8, 4) is 0 Å². The zero-order valence-electron chi connectivity index (χ0n) is 8.55. The first-order valence-corrected chi connectivity index (χ1v) is 4.69. The van der Waals surface area contributed by atoms with Crippen LogP contribution in [0.5, 0.6) is 0 Å². The van der Waals surface area contributed by atoms with E-state index in [0.29, 0.717) is 12.3 Å². The molecule has 2 atom stereocenters. The fraction of sp³-hybridized carbons (Fsp3) is 0.900. The van der Waals surface area contributed by atoms with Gasteiger partial charge in [0.2, 0.25) is 0 Å². The van der Waals surface area contributed by atoms with Crippen molar-refractivity contribution in [3.63, 3.8) is 0 Å². The summed E-state index contributed by atoms with van der Waals surface area (Å²) in [5, 5.41) is 8.98. The van der Waals surface area contributed by atoms with Crippen LogP contribution in [0, 0.1) is 11.3 Å². The van der Waals surface area contributed by atoms with Gasteiger partial charge in [0.1, 0.15) is 0 Å². The average Bonchev–Trinajstić information content (AvgIpc) is 2.03. The maximum Gasteiger partial charge on any atom is 0.309 e. The molecule has 2 nitrogen and oxygen atoms in total. The summed E-state index contributed by atoms with van der Waals surface area (Å²) in [6, 6.07) is 0. The van der Waals surface area contributed by atoms with Crippen molar-refractivity contribution in [1.29, 1.82) is 0 Å². The Morgan fingerprint density at radius 1 is 1.50 bits per heavy atom. The van der Waals surface area contributed by atoms with E-state index in [9.17, 15) is 4.79 Å². The molecule has 0 rings (SSSR count). The molecule has 0 heterocycles. The van der Waals surface area contributed by atoms with E-state index in [2.05, 4.69) is 13.8 Å². The van der Waals surface area contributed by atoms with Crippen LogP contribution in [-0.2, 0) is 4.79 Å². The maximum atomic E-state index is 10.9. The highest BCUT2D eigenvalue weighted by Gasteiger charge is 2.31. The summed E-state index contributed by atoms with van der Waals surface area (Å²) in [7, 11) is 0. The van der Waals surface area contributed by atoms with Crippen LogP contribution in [0.2, 0.25) is 0 Å². The molecular weight excluding hydrogens is 152 g/mol. The molecule has 0 spiro atoms. The molecule has 0 unspecified atom stereocenters. The molecule has 0 aromatic heterocycles. The van der Waals surface area contributed by atoms with Crippen LogP contribution >= 0.6 is 0 Å².